The SMILES string of the molecule is CC1(C)CC2CC1C1C3CCC(C3)C21.CC1(C)CC2CC1C1CCCC21.CC1(C)CC2CCC1C2.CC1(C)CC2CCC1C2(C)C. The highest BCUT2D eigenvalue weighted by molar-refractivity contribution is 5.13. The summed E-state index contributed by atoms with van der Waals surface area (Å²) in [7, 11) is 0. The van der Waals surface area contributed by atoms with Crippen LogP contribution in [-0.4, -0.2) is 0 Å². The number of rotatable bonds is 0. The second kappa shape index (κ2) is 11.0. The van der Waals surface area contributed by atoms with Crippen LogP contribution in [-0.2, 0) is 0 Å². The lowest BCUT2D eigenvalue weighted by atomic mass is 9.62. The highest BCUT2D eigenvalue weighted by atomic mass is 14.7. The number of hydrogen-bond acceptors (Lipinski definition) is 0. The van der Waals surface area contributed by atoms with Crippen LogP contribution in [0, 0.1) is 110 Å². The summed E-state index contributed by atoms with van der Waals surface area (Å²) in [5.74, 6) is 15.8. The van der Waals surface area contributed by atoms with Gasteiger partial charge in [0, 0.05) is 0 Å². The largest absolute Gasteiger partial charge is 0.0596 e. The van der Waals surface area contributed by atoms with Crippen molar-refractivity contribution in [2.45, 2.75) is 178 Å². The van der Waals surface area contributed by atoms with Gasteiger partial charge in [-0.25, -0.2) is 0 Å². The zero-order valence-electron chi connectivity index (χ0n) is 32.6. The molecule has 0 spiro atoms. The third-order valence-electron chi connectivity index (χ3n) is 19.4. The summed E-state index contributed by atoms with van der Waals surface area (Å²) in [4.78, 5) is 0. The summed E-state index contributed by atoms with van der Waals surface area (Å²) in [6.45, 7) is 24.8. The Balaban J connectivity index is 0.0000000916. The van der Waals surface area contributed by atoms with E-state index in [0.29, 0.717) is 27.1 Å². The Morgan fingerprint density at radius 2 is 1.02 bits per heavy atom. The molecule has 11 fully saturated rings. The third-order valence-corrected chi connectivity index (χ3v) is 19.4. The summed E-state index contributed by atoms with van der Waals surface area (Å²) >= 11 is 0. The average molecular weight is 631 g/mol. The zero-order valence-corrected chi connectivity index (χ0v) is 32.6. The Morgan fingerprint density at radius 1 is 0.391 bits per heavy atom. The fourth-order valence-electron chi connectivity index (χ4n) is 17.8. The van der Waals surface area contributed by atoms with Crippen molar-refractivity contribution in [2.75, 3.05) is 0 Å². The molecule has 0 aromatic rings. The van der Waals surface area contributed by atoms with E-state index in [4.69, 9.17) is 0 Å². The van der Waals surface area contributed by atoms with E-state index in [0.717, 1.165) is 53.3 Å². The Morgan fingerprint density at radius 3 is 1.57 bits per heavy atom. The van der Waals surface area contributed by atoms with Gasteiger partial charge in [-0.1, -0.05) is 82.1 Å². The normalized spacial score (nSPS) is 52.8. The summed E-state index contributed by atoms with van der Waals surface area (Å²) < 4.78 is 0. The van der Waals surface area contributed by atoms with E-state index in [9.17, 15) is 0 Å². The first-order valence-electron chi connectivity index (χ1n) is 21.5. The molecule has 0 N–H and O–H groups in total. The van der Waals surface area contributed by atoms with Gasteiger partial charge in [-0.15, -0.1) is 0 Å². The van der Waals surface area contributed by atoms with E-state index < -0.39 is 0 Å². The van der Waals surface area contributed by atoms with Gasteiger partial charge < -0.3 is 0 Å². The highest BCUT2D eigenvalue weighted by Crippen LogP contribution is 2.72. The fourth-order valence-corrected chi connectivity index (χ4v) is 17.8. The van der Waals surface area contributed by atoms with Crippen molar-refractivity contribution in [1.82, 2.24) is 0 Å². The van der Waals surface area contributed by atoms with Crippen molar-refractivity contribution in [3.05, 3.63) is 0 Å². The minimum Gasteiger partial charge on any atom is -0.0596 e. The lowest BCUT2D eigenvalue weighted by Crippen LogP contribution is -2.36. The van der Waals surface area contributed by atoms with Crippen molar-refractivity contribution >= 4 is 0 Å². The van der Waals surface area contributed by atoms with Crippen LogP contribution in [0.15, 0.2) is 0 Å². The van der Waals surface area contributed by atoms with Crippen molar-refractivity contribution in [3.63, 3.8) is 0 Å². The van der Waals surface area contributed by atoms with Crippen LogP contribution in [0.5, 0.6) is 0 Å². The van der Waals surface area contributed by atoms with Crippen molar-refractivity contribution in [3.8, 4) is 0 Å². The van der Waals surface area contributed by atoms with Gasteiger partial charge in [-0.3, -0.25) is 0 Å². The molecule has 0 heterocycles. The van der Waals surface area contributed by atoms with Crippen LogP contribution >= 0.6 is 0 Å². The molecule has 14 atom stereocenters. The standard InChI is InChI=1S/C14H22.C12H20.C11H20.C9H16/c1-14(2)7-10-6-11(14)13-9-4-3-8(5-9)12(10)13;1-12(2)7-8-6-11(12)10-5-3-4-9(8)10;1-10(2)7-8-5-6-9(10)11(8,3)4;1-9(2)6-7-3-4-8(9)5-7/h8-13H,3-7H2,1-2H3;8-11H,3-7H2,1-2H3;8-9H,5-7H2,1-4H3;7-8H,3-6H2,1-2H3. The molecule has 0 saturated heterocycles. The molecular weight excluding hydrogens is 553 g/mol. The van der Waals surface area contributed by atoms with E-state index in [1.54, 1.807) is 70.6 Å². The first-order chi connectivity index (χ1) is 21.5. The van der Waals surface area contributed by atoms with Gasteiger partial charge in [-0.2, -0.15) is 0 Å². The van der Waals surface area contributed by atoms with E-state index in [-0.39, 0.29) is 0 Å². The summed E-state index contributed by atoms with van der Waals surface area (Å²) in [5, 5.41) is 0. The van der Waals surface area contributed by atoms with Crippen LogP contribution in [0.2, 0.25) is 0 Å². The van der Waals surface area contributed by atoms with Gasteiger partial charge in [0.25, 0.3) is 0 Å². The van der Waals surface area contributed by atoms with Crippen molar-refractivity contribution in [1.29, 1.82) is 0 Å². The Bertz CT molecular complexity index is 1130. The first kappa shape index (κ1) is 33.2. The topological polar surface area (TPSA) is 0 Å². The zero-order chi connectivity index (χ0) is 32.6. The third kappa shape index (κ3) is 5.21. The Kier molecular flexibility index (Phi) is 7.93. The molecule has 11 saturated carbocycles. The second-order valence-electron chi connectivity index (χ2n) is 23.7. The van der Waals surface area contributed by atoms with E-state index >= 15 is 0 Å². The van der Waals surface area contributed by atoms with Gasteiger partial charge in [0.05, 0.1) is 0 Å². The predicted octanol–water partition coefficient (Wildman–Crippen LogP) is 13.5. The molecule has 0 nitrogen and oxygen atoms in total. The van der Waals surface area contributed by atoms with Gasteiger partial charge in [-0.05, 0) is 206 Å². The van der Waals surface area contributed by atoms with E-state index in [1.165, 1.54) is 68.1 Å². The molecular formula is C46H78. The van der Waals surface area contributed by atoms with E-state index in [1.807, 2.05) is 0 Å². The molecule has 0 amide bonds. The van der Waals surface area contributed by atoms with Crippen molar-refractivity contribution in [2.24, 2.45) is 110 Å². The fraction of sp³-hybridized carbons (Fsp3) is 1.00. The summed E-state index contributed by atoms with van der Waals surface area (Å²) in [5.41, 5.74) is 3.42. The maximum Gasteiger partial charge on any atom is -0.0292 e. The average Bonchev–Trinajstić information content (AvgIpc) is 3.79. The molecule has 11 aliphatic carbocycles. The maximum absolute atomic E-state index is 2.54. The molecule has 0 aliphatic heterocycles. The van der Waals surface area contributed by atoms with Crippen LogP contribution in [0.1, 0.15) is 178 Å². The van der Waals surface area contributed by atoms with Crippen LogP contribution < -0.4 is 0 Å². The molecule has 14 unspecified atom stereocenters. The predicted molar refractivity (Wildman–Crippen MR) is 196 cm³/mol. The summed E-state index contributed by atoms with van der Waals surface area (Å²) in [6, 6.07) is 0. The van der Waals surface area contributed by atoms with E-state index in [2.05, 4.69) is 69.2 Å². The molecule has 0 radical (unpaired) electrons. The van der Waals surface area contributed by atoms with Gasteiger partial charge in [0.1, 0.15) is 0 Å². The molecule has 46 heavy (non-hydrogen) atoms. The lowest BCUT2D eigenvalue weighted by molar-refractivity contribution is 0.0583. The van der Waals surface area contributed by atoms with Gasteiger partial charge in [0.2, 0.25) is 0 Å². The Hall–Kier alpha value is 0. The first-order valence-corrected chi connectivity index (χ1v) is 21.5. The second-order valence-corrected chi connectivity index (χ2v) is 23.7. The highest BCUT2D eigenvalue weighted by Gasteiger charge is 2.64. The van der Waals surface area contributed by atoms with Crippen molar-refractivity contribution < 1.29 is 0 Å². The summed E-state index contributed by atoms with van der Waals surface area (Å²) in [6.07, 6.45) is 26.4. The smallest absolute Gasteiger partial charge is 0.0292 e. The maximum atomic E-state index is 2.54. The quantitative estimate of drug-likeness (QED) is 0.234. The molecule has 11 rings (SSSR count). The monoisotopic (exact) mass is 631 g/mol. The van der Waals surface area contributed by atoms with Crippen LogP contribution in [0.3, 0.4) is 0 Å². The lowest BCUT2D eigenvalue weighted by Gasteiger charge is -2.43. The molecule has 0 heteroatoms. The molecule has 0 aromatic heterocycles. The van der Waals surface area contributed by atoms with Gasteiger partial charge >= 0.3 is 0 Å². The molecule has 0 aromatic carbocycles. The van der Waals surface area contributed by atoms with Crippen LogP contribution in [0.25, 0.3) is 0 Å². The van der Waals surface area contributed by atoms with Gasteiger partial charge in [0.15, 0.2) is 0 Å². The molecule has 262 valence electrons. The minimum absolute atomic E-state index is 0.645. The Labute approximate surface area is 287 Å². The molecule has 10 bridgehead atoms. The number of fused-ring (bicyclic) bond motifs is 18. The molecule has 11 aliphatic rings. The number of hydrogen-bond donors (Lipinski definition) is 0. The minimum atomic E-state index is 0.645. The van der Waals surface area contributed by atoms with Crippen LogP contribution in [0.4, 0.5) is 0 Å².